The summed E-state index contributed by atoms with van der Waals surface area (Å²) >= 11 is 6.30. The van der Waals surface area contributed by atoms with Gasteiger partial charge in [-0.3, -0.25) is 4.99 Å². The molecule has 1 aromatic heterocycles. The molecule has 2 unspecified atom stereocenters. The molecule has 1 aliphatic heterocycles. The number of allylic oxidation sites excluding steroid dienone is 3. The molecule has 226 valence electrons. The Hall–Kier alpha value is -3.72. The van der Waals surface area contributed by atoms with E-state index in [-0.39, 0.29) is 17.5 Å². The van der Waals surface area contributed by atoms with Crippen molar-refractivity contribution in [2.24, 2.45) is 4.99 Å². The van der Waals surface area contributed by atoms with E-state index in [4.69, 9.17) is 30.5 Å². The van der Waals surface area contributed by atoms with Gasteiger partial charge in [-0.2, -0.15) is 0 Å². The first kappa shape index (κ1) is 30.7. The van der Waals surface area contributed by atoms with Crippen molar-refractivity contribution in [1.82, 2.24) is 9.97 Å². The third kappa shape index (κ3) is 6.61. The zero-order valence-corrected chi connectivity index (χ0v) is 25.8. The summed E-state index contributed by atoms with van der Waals surface area (Å²) in [6, 6.07) is 16.3. The van der Waals surface area contributed by atoms with Crippen molar-refractivity contribution >= 4 is 29.8 Å². The van der Waals surface area contributed by atoms with Gasteiger partial charge >= 0.3 is 0 Å². The number of aliphatic imine (C=N–C) groups is 1. The Morgan fingerprint density at radius 2 is 1.65 bits per heavy atom. The van der Waals surface area contributed by atoms with Gasteiger partial charge in [-0.05, 0) is 79.8 Å². The van der Waals surface area contributed by atoms with E-state index in [9.17, 15) is 0 Å². The van der Waals surface area contributed by atoms with E-state index in [1.165, 1.54) is 11.9 Å². The molecule has 0 saturated carbocycles. The topological polar surface area (TPSA) is 78.3 Å². The number of hydrogen-bond donors (Lipinski definition) is 0. The Morgan fingerprint density at radius 3 is 2.23 bits per heavy atom. The SMILES string of the molecule is C=Nc1c(Cl)ncnc1N(C)C1CCCCC(COC(C2=CC=CCC2)(c2ccc(OC)cc2)c2ccc(OC)cc2)O1. The summed E-state index contributed by atoms with van der Waals surface area (Å²) in [7, 11) is 5.30. The highest BCUT2D eigenvalue weighted by Gasteiger charge is 2.41. The van der Waals surface area contributed by atoms with Gasteiger partial charge in [0.2, 0.25) is 0 Å². The maximum absolute atomic E-state index is 7.18. The minimum Gasteiger partial charge on any atom is -0.497 e. The van der Waals surface area contributed by atoms with Crippen molar-refractivity contribution in [1.29, 1.82) is 0 Å². The molecule has 1 fully saturated rings. The largest absolute Gasteiger partial charge is 0.497 e. The van der Waals surface area contributed by atoms with Gasteiger partial charge in [-0.25, -0.2) is 9.97 Å². The van der Waals surface area contributed by atoms with Crippen molar-refractivity contribution in [2.45, 2.75) is 56.5 Å². The fourth-order valence-electron chi connectivity index (χ4n) is 5.90. The highest BCUT2D eigenvalue weighted by atomic mass is 35.5. The normalized spacial score (nSPS) is 18.8. The van der Waals surface area contributed by atoms with E-state index in [1.807, 2.05) is 36.2 Å². The van der Waals surface area contributed by atoms with Crippen LogP contribution in [-0.4, -0.2) is 56.9 Å². The van der Waals surface area contributed by atoms with Gasteiger partial charge in [0.25, 0.3) is 0 Å². The zero-order valence-electron chi connectivity index (χ0n) is 25.0. The van der Waals surface area contributed by atoms with Crippen molar-refractivity contribution in [3.8, 4) is 11.5 Å². The lowest BCUT2D eigenvalue weighted by atomic mass is 9.76. The third-order valence-corrected chi connectivity index (χ3v) is 8.48. The molecule has 0 radical (unpaired) electrons. The number of ether oxygens (including phenoxy) is 4. The molecule has 3 aromatic rings. The van der Waals surface area contributed by atoms with Crippen molar-refractivity contribution < 1.29 is 18.9 Å². The quantitative estimate of drug-likeness (QED) is 0.167. The van der Waals surface area contributed by atoms with E-state index in [2.05, 4.69) is 64.2 Å². The molecular formula is C34H39ClN4O4. The molecular weight excluding hydrogens is 564 g/mol. The zero-order chi connectivity index (χ0) is 30.2. The summed E-state index contributed by atoms with van der Waals surface area (Å²) in [6.45, 7) is 4.06. The smallest absolute Gasteiger partial charge is 0.161 e. The number of aromatic nitrogens is 2. The van der Waals surface area contributed by atoms with E-state index in [1.54, 1.807) is 14.2 Å². The highest BCUT2D eigenvalue weighted by molar-refractivity contribution is 6.32. The molecule has 0 amide bonds. The predicted octanol–water partition coefficient (Wildman–Crippen LogP) is 7.44. The molecule has 2 heterocycles. The van der Waals surface area contributed by atoms with Crippen LogP contribution < -0.4 is 14.4 Å². The Morgan fingerprint density at radius 1 is 1.00 bits per heavy atom. The predicted molar refractivity (Wildman–Crippen MR) is 171 cm³/mol. The standard InChI is InChI=1S/C34H39ClN4O4/c1-36-31-32(35)37-23-38-33(31)39(2)30-13-9-8-12-29(43-30)22-42-34(24-10-6-5-7-11-24,25-14-18-27(40-3)19-15-25)26-16-20-28(41-4)21-17-26/h5-6,10,14-21,23,29-30H,1,7-9,11-13,22H2,2-4H3. The number of anilines is 1. The lowest BCUT2D eigenvalue weighted by molar-refractivity contribution is -0.0889. The summed E-state index contributed by atoms with van der Waals surface area (Å²) in [6.07, 6.45) is 13.1. The van der Waals surface area contributed by atoms with Crippen LogP contribution in [0.5, 0.6) is 11.5 Å². The van der Waals surface area contributed by atoms with Crippen LogP contribution in [-0.2, 0) is 15.1 Å². The molecule has 43 heavy (non-hydrogen) atoms. The molecule has 1 aliphatic carbocycles. The summed E-state index contributed by atoms with van der Waals surface area (Å²) in [5.74, 6) is 2.17. The third-order valence-electron chi connectivity index (χ3n) is 8.20. The van der Waals surface area contributed by atoms with E-state index in [0.29, 0.717) is 18.1 Å². The number of hydrogen-bond acceptors (Lipinski definition) is 8. The van der Waals surface area contributed by atoms with Crippen LogP contribution in [0.4, 0.5) is 11.5 Å². The fraction of sp³-hybridized carbons (Fsp3) is 0.382. The number of nitrogens with zero attached hydrogens (tertiary/aromatic N) is 4. The average Bonchev–Trinajstić information content (AvgIpc) is 3.31. The Balaban J connectivity index is 1.49. The van der Waals surface area contributed by atoms with Crippen LogP contribution in [0.15, 0.2) is 83.7 Å². The summed E-state index contributed by atoms with van der Waals surface area (Å²) in [5.41, 5.74) is 2.85. The molecule has 0 N–H and O–H groups in total. The highest BCUT2D eigenvalue weighted by Crippen LogP contribution is 2.45. The van der Waals surface area contributed by atoms with Crippen LogP contribution in [0.2, 0.25) is 5.15 Å². The van der Waals surface area contributed by atoms with Gasteiger partial charge in [0.1, 0.15) is 35.3 Å². The maximum atomic E-state index is 7.18. The first-order chi connectivity index (χ1) is 21.0. The molecule has 9 heteroatoms. The van der Waals surface area contributed by atoms with Crippen LogP contribution in [0, 0.1) is 0 Å². The molecule has 8 nitrogen and oxygen atoms in total. The molecule has 0 bridgehead atoms. The molecule has 2 aliphatic rings. The van der Waals surface area contributed by atoms with Gasteiger partial charge < -0.3 is 23.8 Å². The second-order valence-electron chi connectivity index (χ2n) is 10.7. The molecule has 2 aromatic carbocycles. The van der Waals surface area contributed by atoms with Crippen molar-refractivity contribution in [2.75, 3.05) is 32.8 Å². The number of rotatable bonds is 11. The van der Waals surface area contributed by atoms with Crippen LogP contribution in [0.1, 0.15) is 49.7 Å². The van der Waals surface area contributed by atoms with Crippen molar-refractivity contribution in [3.63, 3.8) is 0 Å². The Kier molecular flexibility index (Phi) is 10.1. The van der Waals surface area contributed by atoms with E-state index >= 15 is 0 Å². The van der Waals surface area contributed by atoms with Crippen molar-refractivity contribution in [3.05, 3.63) is 94.9 Å². The maximum Gasteiger partial charge on any atom is 0.161 e. The number of benzene rings is 2. The van der Waals surface area contributed by atoms with Gasteiger partial charge in [0, 0.05) is 7.05 Å². The van der Waals surface area contributed by atoms with Gasteiger partial charge in [-0.1, -0.05) is 60.5 Å². The molecule has 0 spiro atoms. The van der Waals surface area contributed by atoms with E-state index in [0.717, 1.165) is 61.2 Å². The molecule has 5 rings (SSSR count). The summed E-state index contributed by atoms with van der Waals surface area (Å²) in [4.78, 5) is 14.6. The van der Waals surface area contributed by atoms with E-state index < -0.39 is 5.60 Å². The monoisotopic (exact) mass is 602 g/mol. The minimum atomic E-state index is -0.833. The number of methoxy groups -OCH3 is 2. The summed E-state index contributed by atoms with van der Waals surface area (Å²) < 4.78 is 24.9. The van der Waals surface area contributed by atoms with Crippen LogP contribution >= 0.6 is 11.6 Å². The Bertz CT molecular complexity index is 1390. The molecule has 1 saturated heterocycles. The van der Waals surface area contributed by atoms with Gasteiger partial charge in [0.05, 0.1) is 26.9 Å². The minimum absolute atomic E-state index is 0.150. The second kappa shape index (κ2) is 14.2. The summed E-state index contributed by atoms with van der Waals surface area (Å²) in [5, 5.41) is 0.263. The first-order valence-electron chi connectivity index (χ1n) is 14.6. The van der Waals surface area contributed by atoms with Gasteiger partial charge in [0.15, 0.2) is 11.0 Å². The average molecular weight is 603 g/mol. The van der Waals surface area contributed by atoms with Crippen LogP contribution in [0.25, 0.3) is 0 Å². The lowest BCUT2D eigenvalue weighted by Crippen LogP contribution is -2.41. The fourth-order valence-corrected chi connectivity index (χ4v) is 6.09. The van der Waals surface area contributed by atoms with Gasteiger partial charge in [-0.15, -0.1) is 0 Å². The number of halogens is 1. The molecule has 2 atom stereocenters. The first-order valence-corrected chi connectivity index (χ1v) is 15.0. The van der Waals surface area contributed by atoms with Crippen LogP contribution in [0.3, 0.4) is 0 Å². The second-order valence-corrected chi connectivity index (χ2v) is 11.1. The Labute approximate surface area is 259 Å². The lowest BCUT2D eigenvalue weighted by Gasteiger charge is -2.40.